The minimum atomic E-state index is -1.37. The molecule has 128 valence electrons. The zero-order chi connectivity index (χ0) is 17.3. The molecule has 0 aliphatic heterocycles. The second-order valence-electron chi connectivity index (χ2n) is 6.48. The van der Waals surface area contributed by atoms with Gasteiger partial charge in [-0.2, -0.15) is 0 Å². The van der Waals surface area contributed by atoms with E-state index in [9.17, 15) is 14.7 Å². The summed E-state index contributed by atoms with van der Waals surface area (Å²) in [7, 11) is 1.77. The molecule has 1 heterocycles. The molecule has 24 heavy (non-hydrogen) atoms. The molecule has 0 spiro atoms. The van der Waals surface area contributed by atoms with Gasteiger partial charge in [0, 0.05) is 7.05 Å². The summed E-state index contributed by atoms with van der Waals surface area (Å²) in [5.41, 5.74) is -0.0641. The minimum absolute atomic E-state index is 0.227. The summed E-state index contributed by atoms with van der Waals surface area (Å²) in [4.78, 5) is 25.3. The molecule has 2 aromatic rings. The van der Waals surface area contributed by atoms with Gasteiger partial charge in [-0.05, 0) is 31.9 Å². The van der Waals surface area contributed by atoms with Crippen molar-refractivity contribution in [2.45, 2.75) is 44.6 Å². The number of carbonyl (C=O) groups is 1. The van der Waals surface area contributed by atoms with Gasteiger partial charge < -0.3 is 10.4 Å². The first kappa shape index (κ1) is 16.5. The molecule has 0 saturated heterocycles. The van der Waals surface area contributed by atoms with Gasteiger partial charge in [-0.25, -0.2) is 4.68 Å². The molecule has 0 atom stereocenters. The van der Waals surface area contributed by atoms with Gasteiger partial charge in [0.05, 0.1) is 11.4 Å². The lowest BCUT2D eigenvalue weighted by Crippen LogP contribution is -2.45. The maximum Gasteiger partial charge on any atom is 0.295 e. The number of aliphatic hydroxyl groups is 1. The lowest BCUT2D eigenvalue weighted by atomic mass is 9.84. The smallest absolute Gasteiger partial charge is 0.295 e. The molecule has 3 rings (SSSR count). The number of benzene rings is 1. The number of amides is 1. The van der Waals surface area contributed by atoms with Crippen LogP contribution < -0.4 is 10.9 Å². The minimum Gasteiger partial charge on any atom is -0.380 e. The number of hydrogen-bond acceptors (Lipinski definition) is 3. The van der Waals surface area contributed by atoms with E-state index >= 15 is 0 Å². The normalized spacial score (nSPS) is 16.8. The van der Waals surface area contributed by atoms with Crippen molar-refractivity contribution in [2.24, 2.45) is 7.05 Å². The van der Waals surface area contributed by atoms with Crippen LogP contribution in [0.5, 0.6) is 0 Å². The van der Waals surface area contributed by atoms with Gasteiger partial charge in [0.1, 0.15) is 11.3 Å². The molecular weight excluding hydrogens is 306 g/mol. The lowest BCUT2D eigenvalue weighted by molar-refractivity contribution is -0.137. The van der Waals surface area contributed by atoms with Crippen LogP contribution in [0.25, 0.3) is 5.69 Å². The fourth-order valence-electron chi connectivity index (χ4n) is 3.31. The van der Waals surface area contributed by atoms with Gasteiger partial charge in [-0.3, -0.25) is 14.3 Å². The van der Waals surface area contributed by atoms with Gasteiger partial charge in [0.15, 0.2) is 0 Å². The Bertz CT molecular complexity index is 799. The Balaban J connectivity index is 1.95. The van der Waals surface area contributed by atoms with Crippen molar-refractivity contribution in [3.05, 3.63) is 46.4 Å². The number of aromatic nitrogens is 2. The number of hydrogen-bond donors (Lipinski definition) is 2. The van der Waals surface area contributed by atoms with E-state index < -0.39 is 11.5 Å². The Morgan fingerprint density at radius 1 is 1.17 bits per heavy atom. The molecule has 0 unspecified atom stereocenters. The van der Waals surface area contributed by atoms with E-state index in [1.807, 2.05) is 30.3 Å². The molecule has 1 saturated carbocycles. The Morgan fingerprint density at radius 2 is 1.79 bits per heavy atom. The highest BCUT2D eigenvalue weighted by Gasteiger charge is 2.38. The quantitative estimate of drug-likeness (QED) is 0.905. The van der Waals surface area contributed by atoms with Gasteiger partial charge in [0.25, 0.3) is 11.5 Å². The Kier molecular flexibility index (Phi) is 4.32. The maximum atomic E-state index is 12.8. The van der Waals surface area contributed by atoms with Crippen molar-refractivity contribution in [3.63, 3.8) is 0 Å². The third kappa shape index (κ3) is 2.78. The van der Waals surface area contributed by atoms with Crippen LogP contribution in [0.4, 0.5) is 5.69 Å². The molecule has 1 fully saturated rings. The van der Waals surface area contributed by atoms with Crippen LogP contribution in [0.2, 0.25) is 0 Å². The molecule has 1 aliphatic carbocycles. The van der Waals surface area contributed by atoms with Crippen LogP contribution in [0.1, 0.15) is 37.8 Å². The van der Waals surface area contributed by atoms with Crippen molar-refractivity contribution >= 4 is 11.6 Å². The summed E-state index contributed by atoms with van der Waals surface area (Å²) < 4.78 is 3.22. The Morgan fingerprint density at radius 3 is 2.42 bits per heavy atom. The van der Waals surface area contributed by atoms with Gasteiger partial charge >= 0.3 is 0 Å². The highest BCUT2D eigenvalue weighted by atomic mass is 16.3. The van der Waals surface area contributed by atoms with Crippen LogP contribution in [0.3, 0.4) is 0 Å². The summed E-state index contributed by atoms with van der Waals surface area (Å²) in [6, 6.07) is 9.26. The largest absolute Gasteiger partial charge is 0.380 e. The van der Waals surface area contributed by atoms with E-state index in [0.717, 1.165) is 24.9 Å². The Hall–Kier alpha value is -2.34. The molecule has 6 nitrogen and oxygen atoms in total. The predicted octanol–water partition coefficient (Wildman–Crippen LogP) is 2.12. The number of rotatable bonds is 3. The highest BCUT2D eigenvalue weighted by Crippen LogP contribution is 2.29. The first-order valence-electron chi connectivity index (χ1n) is 8.32. The second kappa shape index (κ2) is 6.28. The van der Waals surface area contributed by atoms with E-state index in [1.165, 1.54) is 4.68 Å². The molecule has 2 N–H and O–H groups in total. The molecule has 1 aromatic carbocycles. The summed E-state index contributed by atoms with van der Waals surface area (Å²) >= 11 is 0. The first-order chi connectivity index (χ1) is 11.4. The molecule has 0 radical (unpaired) electrons. The number of anilines is 1. The maximum absolute atomic E-state index is 12.8. The number of para-hydroxylation sites is 1. The molecule has 1 aromatic heterocycles. The van der Waals surface area contributed by atoms with Crippen molar-refractivity contribution in [1.29, 1.82) is 0 Å². The molecular formula is C18H23N3O3. The molecule has 1 amide bonds. The van der Waals surface area contributed by atoms with Crippen LogP contribution in [0.15, 0.2) is 35.1 Å². The topological polar surface area (TPSA) is 76.3 Å². The third-order valence-corrected chi connectivity index (χ3v) is 4.90. The van der Waals surface area contributed by atoms with Gasteiger partial charge in [0.2, 0.25) is 0 Å². The average molecular weight is 329 g/mol. The van der Waals surface area contributed by atoms with Gasteiger partial charge in [-0.1, -0.05) is 37.5 Å². The zero-order valence-corrected chi connectivity index (χ0v) is 14.1. The zero-order valence-electron chi connectivity index (χ0n) is 14.1. The lowest BCUT2D eigenvalue weighted by Gasteiger charge is -2.30. The standard InChI is InChI=1S/C18H23N3O3/c1-13-15(19-17(23)18(24)11-7-4-8-12-18)16(22)21(20(13)2)14-9-5-3-6-10-14/h3,5-6,9-10,24H,4,7-8,11-12H2,1-2H3,(H,19,23). The summed E-state index contributed by atoms with van der Waals surface area (Å²) in [6.45, 7) is 1.78. The van der Waals surface area contributed by atoms with E-state index in [0.29, 0.717) is 18.5 Å². The molecule has 0 bridgehead atoms. The number of nitrogens with zero attached hydrogens (tertiary/aromatic N) is 2. The van der Waals surface area contributed by atoms with E-state index in [2.05, 4.69) is 5.32 Å². The number of nitrogens with one attached hydrogen (secondary N) is 1. The highest BCUT2D eigenvalue weighted by molar-refractivity contribution is 5.97. The SMILES string of the molecule is Cc1c(NC(=O)C2(O)CCCCC2)c(=O)n(-c2ccccc2)n1C. The fourth-order valence-corrected chi connectivity index (χ4v) is 3.31. The van der Waals surface area contributed by atoms with Crippen molar-refractivity contribution in [1.82, 2.24) is 9.36 Å². The van der Waals surface area contributed by atoms with Crippen molar-refractivity contribution in [2.75, 3.05) is 5.32 Å². The Labute approximate surface area is 140 Å². The van der Waals surface area contributed by atoms with Crippen molar-refractivity contribution < 1.29 is 9.90 Å². The van der Waals surface area contributed by atoms with Crippen molar-refractivity contribution in [3.8, 4) is 5.69 Å². The fraction of sp³-hybridized carbons (Fsp3) is 0.444. The molecule has 6 heteroatoms. The number of carbonyl (C=O) groups excluding carboxylic acids is 1. The second-order valence-corrected chi connectivity index (χ2v) is 6.48. The predicted molar refractivity (Wildman–Crippen MR) is 92.4 cm³/mol. The third-order valence-electron chi connectivity index (χ3n) is 4.90. The summed E-state index contributed by atoms with van der Waals surface area (Å²) in [6.07, 6.45) is 3.56. The van der Waals surface area contributed by atoms with E-state index in [4.69, 9.17) is 0 Å². The van der Waals surface area contributed by atoms with Crippen LogP contribution in [-0.4, -0.2) is 26.0 Å². The van der Waals surface area contributed by atoms with Crippen LogP contribution in [-0.2, 0) is 11.8 Å². The molecule has 1 aliphatic rings. The summed E-state index contributed by atoms with van der Waals surface area (Å²) in [5, 5.41) is 13.2. The van der Waals surface area contributed by atoms with Gasteiger partial charge in [-0.15, -0.1) is 0 Å². The first-order valence-corrected chi connectivity index (χ1v) is 8.32. The van der Waals surface area contributed by atoms with E-state index in [-0.39, 0.29) is 11.2 Å². The monoisotopic (exact) mass is 329 g/mol. The summed E-state index contributed by atoms with van der Waals surface area (Å²) in [5.74, 6) is -0.479. The van der Waals surface area contributed by atoms with Crippen LogP contribution >= 0.6 is 0 Å². The van der Waals surface area contributed by atoms with E-state index in [1.54, 1.807) is 18.7 Å². The average Bonchev–Trinajstić information content (AvgIpc) is 2.80. The van der Waals surface area contributed by atoms with Crippen LogP contribution in [0, 0.1) is 6.92 Å².